The SMILES string of the molecule is COCC[C@H](C)Nc1ncc2c(OC3CCOCC3)ncc([C@H]3CC[C@H](O)CC3)c2n1. The van der Waals surface area contributed by atoms with Gasteiger partial charge in [0.1, 0.15) is 6.10 Å². The first-order valence-electron chi connectivity index (χ1n) is 11.5. The van der Waals surface area contributed by atoms with Crippen molar-refractivity contribution in [3.05, 3.63) is 18.0 Å². The number of ether oxygens (including phenoxy) is 3. The van der Waals surface area contributed by atoms with Gasteiger partial charge in [0, 0.05) is 50.6 Å². The molecule has 170 valence electrons. The van der Waals surface area contributed by atoms with Gasteiger partial charge in [-0.15, -0.1) is 0 Å². The molecule has 1 atom stereocenters. The quantitative estimate of drug-likeness (QED) is 0.657. The molecule has 2 aromatic heterocycles. The zero-order valence-corrected chi connectivity index (χ0v) is 18.5. The highest BCUT2D eigenvalue weighted by Crippen LogP contribution is 2.38. The molecule has 8 nitrogen and oxygen atoms in total. The van der Waals surface area contributed by atoms with E-state index >= 15 is 0 Å². The fourth-order valence-corrected chi connectivity index (χ4v) is 4.41. The summed E-state index contributed by atoms with van der Waals surface area (Å²) in [4.78, 5) is 14.1. The van der Waals surface area contributed by atoms with Crippen LogP contribution < -0.4 is 10.1 Å². The lowest BCUT2D eigenvalue weighted by Crippen LogP contribution is -2.26. The lowest BCUT2D eigenvalue weighted by atomic mass is 9.83. The highest BCUT2D eigenvalue weighted by atomic mass is 16.5. The molecule has 0 aromatic carbocycles. The molecule has 31 heavy (non-hydrogen) atoms. The van der Waals surface area contributed by atoms with E-state index in [4.69, 9.17) is 19.2 Å². The van der Waals surface area contributed by atoms with Crippen molar-refractivity contribution in [2.24, 2.45) is 0 Å². The maximum absolute atomic E-state index is 9.94. The number of aromatic nitrogens is 3. The lowest BCUT2D eigenvalue weighted by molar-refractivity contribution is 0.0244. The minimum atomic E-state index is -0.194. The summed E-state index contributed by atoms with van der Waals surface area (Å²) in [5, 5.41) is 14.2. The van der Waals surface area contributed by atoms with Crippen molar-refractivity contribution in [2.45, 2.75) is 76.0 Å². The maximum Gasteiger partial charge on any atom is 0.224 e. The molecule has 4 rings (SSSR count). The Labute approximate surface area is 183 Å². The molecule has 1 aliphatic heterocycles. The summed E-state index contributed by atoms with van der Waals surface area (Å²) in [6.07, 6.45) is 9.77. The van der Waals surface area contributed by atoms with Gasteiger partial charge in [0.15, 0.2) is 0 Å². The molecule has 1 saturated heterocycles. The highest BCUT2D eigenvalue weighted by Gasteiger charge is 2.26. The molecule has 1 aliphatic carbocycles. The number of rotatable bonds is 8. The smallest absolute Gasteiger partial charge is 0.224 e. The normalized spacial score (nSPS) is 23.6. The van der Waals surface area contributed by atoms with E-state index in [-0.39, 0.29) is 18.2 Å². The summed E-state index contributed by atoms with van der Waals surface area (Å²) in [7, 11) is 1.71. The van der Waals surface area contributed by atoms with E-state index in [0.717, 1.165) is 74.6 Å². The molecule has 2 N–H and O–H groups in total. The summed E-state index contributed by atoms with van der Waals surface area (Å²) in [5.41, 5.74) is 2.02. The van der Waals surface area contributed by atoms with Crippen LogP contribution in [0.15, 0.2) is 12.4 Å². The van der Waals surface area contributed by atoms with Crippen molar-refractivity contribution in [1.82, 2.24) is 15.0 Å². The molecule has 0 radical (unpaired) electrons. The predicted molar refractivity (Wildman–Crippen MR) is 119 cm³/mol. The molecular weight excluding hydrogens is 396 g/mol. The predicted octanol–water partition coefficient (Wildman–Crippen LogP) is 3.44. The highest BCUT2D eigenvalue weighted by molar-refractivity contribution is 5.86. The maximum atomic E-state index is 9.94. The summed E-state index contributed by atoms with van der Waals surface area (Å²) >= 11 is 0. The van der Waals surface area contributed by atoms with Crippen molar-refractivity contribution in [3.8, 4) is 5.88 Å². The van der Waals surface area contributed by atoms with Gasteiger partial charge in [-0.3, -0.25) is 0 Å². The second-order valence-electron chi connectivity index (χ2n) is 8.74. The molecule has 0 unspecified atom stereocenters. The first-order chi connectivity index (χ1) is 15.1. The first kappa shape index (κ1) is 22.2. The Kier molecular flexibility index (Phi) is 7.53. The van der Waals surface area contributed by atoms with Gasteiger partial charge in [0.25, 0.3) is 0 Å². The molecule has 0 amide bonds. The van der Waals surface area contributed by atoms with E-state index in [1.54, 1.807) is 7.11 Å². The average Bonchev–Trinajstić information content (AvgIpc) is 2.79. The third-order valence-corrected chi connectivity index (χ3v) is 6.33. The zero-order valence-electron chi connectivity index (χ0n) is 18.5. The molecule has 2 aromatic rings. The second-order valence-corrected chi connectivity index (χ2v) is 8.74. The number of aliphatic hydroxyl groups excluding tert-OH is 1. The Morgan fingerprint density at radius 2 is 1.90 bits per heavy atom. The number of aliphatic hydroxyl groups is 1. The topological polar surface area (TPSA) is 98.6 Å². The fraction of sp³-hybridized carbons (Fsp3) is 0.696. The number of pyridine rings is 1. The Bertz CT molecular complexity index is 851. The Balaban J connectivity index is 1.64. The summed E-state index contributed by atoms with van der Waals surface area (Å²) < 4.78 is 16.9. The van der Waals surface area contributed by atoms with Crippen molar-refractivity contribution in [1.29, 1.82) is 0 Å². The standard InChI is InChI=1S/C23H34N4O4/c1-15(7-10-29-2)26-23-25-14-20-21(27-23)19(16-3-5-17(28)6-4-16)13-24-22(20)31-18-8-11-30-12-9-18/h13-18,28H,3-12H2,1-2H3,(H,25,26,27)/t15-,16-,17-/m0/s1. The monoisotopic (exact) mass is 430 g/mol. The van der Waals surface area contributed by atoms with Crippen LogP contribution in [-0.2, 0) is 9.47 Å². The Hall–Kier alpha value is -2.03. The summed E-state index contributed by atoms with van der Waals surface area (Å²) in [5.74, 6) is 1.54. The minimum absolute atomic E-state index is 0.104. The van der Waals surface area contributed by atoms with Crippen LogP contribution in [0.5, 0.6) is 5.88 Å². The van der Waals surface area contributed by atoms with Gasteiger partial charge in [-0.05, 0) is 44.9 Å². The first-order valence-corrected chi connectivity index (χ1v) is 11.5. The molecule has 1 saturated carbocycles. The molecule has 0 bridgehead atoms. The third-order valence-electron chi connectivity index (χ3n) is 6.33. The number of anilines is 1. The fourth-order valence-electron chi connectivity index (χ4n) is 4.41. The van der Waals surface area contributed by atoms with Crippen LogP contribution in [0.25, 0.3) is 10.9 Å². The molecule has 3 heterocycles. The minimum Gasteiger partial charge on any atom is -0.474 e. The van der Waals surface area contributed by atoms with E-state index < -0.39 is 0 Å². The number of methoxy groups -OCH3 is 1. The molecule has 2 fully saturated rings. The number of hydrogen-bond acceptors (Lipinski definition) is 8. The Morgan fingerprint density at radius 3 is 2.65 bits per heavy atom. The van der Waals surface area contributed by atoms with Crippen LogP contribution in [0.3, 0.4) is 0 Å². The van der Waals surface area contributed by atoms with Gasteiger partial charge >= 0.3 is 0 Å². The molecule has 0 spiro atoms. The van der Waals surface area contributed by atoms with Crippen LogP contribution in [-0.4, -0.2) is 65.2 Å². The second kappa shape index (κ2) is 10.5. The van der Waals surface area contributed by atoms with Crippen LogP contribution >= 0.6 is 0 Å². The number of hydrogen-bond donors (Lipinski definition) is 2. The summed E-state index contributed by atoms with van der Waals surface area (Å²) in [6, 6.07) is 0.200. The van der Waals surface area contributed by atoms with Gasteiger partial charge in [-0.25, -0.2) is 15.0 Å². The van der Waals surface area contributed by atoms with Crippen molar-refractivity contribution in [3.63, 3.8) is 0 Å². The van der Waals surface area contributed by atoms with Crippen LogP contribution in [0.4, 0.5) is 5.95 Å². The van der Waals surface area contributed by atoms with E-state index in [0.29, 0.717) is 24.4 Å². The number of nitrogens with zero attached hydrogens (tertiary/aromatic N) is 3. The van der Waals surface area contributed by atoms with Crippen molar-refractivity contribution in [2.75, 3.05) is 32.2 Å². The van der Waals surface area contributed by atoms with Crippen molar-refractivity contribution >= 4 is 16.9 Å². The molecule has 8 heteroatoms. The van der Waals surface area contributed by atoms with Gasteiger partial charge in [-0.2, -0.15) is 0 Å². The summed E-state index contributed by atoms with van der Waals surface area (Å²) in [6.45, 7) is 4.22. The van der Waals surface area contributed by atoms with Gasteiger partial charge in [0.05, 0.1) is 30.2 Å². The van der Waals surface area contributed by atoms with Crippen molar-refractivity contribution < 1.29 is 19.3 Å². The number of nitrogens with one attached hydrogen (secondary N) is 1. The zero-order chi connectivity index (χ0) is 21.6. The van der Waals surface area contributed by atoms with Gasteiger partial charge in [-0.1, -0.05) is 0 Å². The van der Waals surface area contributed by atoms with E-state index in [9.17, 15) is 5.11 Å². The van der Waals surface area contributed by atoms with Gasteiger partial charge < -0.3 is 24.6 Å². The lowest BCUT2D eigenvalue weighted by Gasteiger charge is -2.27. The van der Waals surface area contributed by atoms with Crippen LogP contribution in [0.2, 0.25) is 0 Å². The van der Waals surface area contributed by atoms with E-state index in [1.807, 2.05) is 12.4 Å². The third kappa shape index (κ3) is 5.61. The van der Waals surface area contributed by atoms with Crippen LogP contribution in [0, 0.1) is 0 Å². The molecular formula is C23H34N4O4. The van der Waals surface area contributed by atoms with E-state index in [2.05, 4.69) is 22.2 Å². The number of fused-ring (bicyclic) bond motifs is 1. The van der Waals surface area contributed by atoms with Gasteiger partial charge in [0.2, 0.25) is 11.8 Å². The average molecular weight is 431 g/mol. The Morgan fingerprint density at radius 1 is 1.13 bits per heavy atom. The van der Waals surface area contributed by atoms with Crippen LogP contribution in [0.1, 0.15) is 63.4 Å². The molecule has 2 aliphatic rings. The largest absolute Gasteiger partial charge is 0.474 e. The van der Waals surface area contributed by atoms with E-state index in [1.165, 1.54) is 0 Å².